The molecule has 1 saturated carbocycles. The molecule has 0 unspecified atom stereocenters. The highest BCUT2D eigenvalue weighted by molar-refractivity contribution is 7.89. The fourth-order valence-electron chi connectivity index (χ4n) is 4.96. The molecule has 37 heavy (non-hydrogen) atoms. The molecule has 0 aromatic heterocycles. The molecule has 0 saturated heterocycles. The molecule has 5 nitrogen and oxygen atoms in total. The lowest BCUT2D eigenvalue weighted by Gasteiger charge is -2.36. The second-order valence-corrected chi connectivity index (χ2v) is 12.5. The molecule has 196 valence electrons. The number of halogens is 2. The predicted molar refractivity (Wildman–Crippen MR) is 149 cm³/mol. The zero-order chi connectivity index (χ0) is 26.4. The van der Waals surface area contributed by atoms with Crippen LogP contribution in [0.4, 0.5) is 0 Å². The van der Waals surface area contributed by atoms with E-state index in [0.29, 0.717) is 18.1 Å². The predicted octanol–water partition coefficient (Wildman–Crippen LogP) is 6.71. The fraction of sp³-hybridized carbons (Fsp3) is 0.345. The Kier molecular flexibility index (Phi) is 9.30. The van der Waals surface area contributed by atoms with Crippen molar-refractivity contribution >= 4 is 39.6 Å². The highest BCUT2D eigenvalue weighted by atomic mass is 35.5. The summed E-state index contributed by atoms with van der Waals surface area (Å²) in [6.45, 7) is 3.28. The van der Waals surface area contributed by atoms with Gasteiger partial charge in [0.1, 0.15) is 4.90 Å². The first-order valence-corrected chi connectivity index (χ1v) is 14.7. The Hall–Kier alpha value is -2.38. The Morgan fingerprint density at radius 3 is 2.14 bits per heavy atom. The van der Waals surface area contributed by atoms with E-state index in [1.54, 1.807) is 6.07 Å². The van der Waals surface area contributed by atoms with Crippen LogP contribution in [-0.2, 0) is 27.9 Å². The van der Waals surface area contributed by atoms with Crippen molar-refractivity contribution < 1.29 is 13.2 Å². The largest absolute Gasteiger partial charge is 0.338 e. The van der Waals surface area contributed by atoms with Crippen LogP contribution in [0.3, 0.4) is 0 Å². The molecule has 0 heterocycles. The lowest BCUT2D eigenvalue weighted by Crippen LogP contribution is -2.40. The summed E-state index contributed by atoms with van der Waals surface area (Å²) in [5.41, 5.74) is 3.21. The lowest BCUT2D eigenvalue weighted by atomic mass is 9.85. The number of rotatable bonds is 10. The first-order chi connectivity index (χ1) is 17.8. The van der Waals surface area contributed by atoms with Crippen LogP contribution in [0.25, 0.3) is 0 Å². The first-order valence-electron chi connectivity index (χ1n) is 12.5. The Balaban J connectivity index is 1.46. The molecule has 0 radical (unpaired) electrons. The van der Waals surface area contributed by atoms with E-state index in [0.717, 1.165) is 43.2 Å². The van der Waals surface area contributed by atoms with Gasteiger partial charge in [0.25, 0.3) is 0 Å². The van der Waals surface area contributed by atoms with Crippen LogP contribution >= 0.6 is 23.2 Å². The molecule has 0 aliphatic heterocycles. The second kappa shape index (κ2) is 12.4. The van der Waals surface area contributed by atoms with E-state index in [4.69, 9.17) is 23.2 Å². The molecular weight excluding hydrogens is 527 g/mol. The third-order valence-electron chi connectivity index (χ3n) is 7.08. The quantitative estimate of drug-likeness (QED) is 0.260. The van der Waals surface area contributed by atoms with Gasteiger partial charge in [-0.25, -0.2) is 8.42 Å². The lowest BCUT2D eigenvalue weighted by molar-refractivity contribution is -0.121. The summed E-state index contributed by atoms with van der Waals surface area (Å²) in [6.07, 6.45) is 4.32. The van der Waals surface area contributed by atoms with Gasteiger partial charge in [-0.2, -0.15) is 4.31 Å². The van der Waals surface area contributed by atoms with Crippen LogP contribution in [0.2, 0.25) is 10.0 Å². The molecule has 0 spiro atoms. The van der Waals surface area contributed by atoms with Gasteiger partial charge in [0.15, 0.2) is 0 Å². The molecule has 1 amide bonds. The van der Waals surface area contributed by atoms with E-state index in [-0.39, 0.29) is 28.4 Å². The Morgan fingerprint density at radius 2 is 1.51 bits per heavy atom. The smallest absolute Gasteiger partial charge is 0.244 e. The summed E-state index contributed by atoms with van der Waals surface area (Å²) >= 11 is 12.3. The normalized spacial score (nSPS) is 18.1. The number of hydrogen-bond donors (Lipinski definition) is 0. The minimum atomic E-state index is -3.85. The van der Waals surface area contributed by atoms with E-state index in [2.05, 4.69) is 24.3 Å². The SMILES string of the molecule is Cc1ccc(CN(C=O)C2CCC(CN(Cc3ccccc3)S(=O)(=O)c3ccc(Cl)cc3Cl)CC2)cc1. The summed E-state index contributed by atoms with van der Waals surface area (Å²) in [4.78, 5) is 13.8. The van der Waals surface area contributed by atoms with Crippen LogP contribution in [-0.4, -0.2) is 36.6 Å². The van der Waals surface area contributed by atoms with Crippen molar-refractivity contribution in [1.82, 2.24) is 9.21 Å². The summed E-state index contributed by atoms with van der Waals surface area (Å²) in [5, 5.41) is 0.509. The molecule has 0 atom stereocenters. The molecule has 1 aliphatic rings. The Morgan fingerprint density at radius 1 is 0.865 bits per heavy atom. The van der Waals surface area contributed by atoms with E-state index in [1.807, 2.05) is 42.2 Å². The number of carbonyl (C=O) groups excluding carboxylic acids is 1. The Labute approximate surface area is 230 Å². The maximum Gasteiger partial charge on any atom is 0.244 e. The van der Waals surface area contributed by atoms with Crippen molar-refractivity contribution in [2.24, 2.45) is 5.92 Å². The van der Waals surface area contributed by atoms with Gasteiger partial charge in [0, 0.05) is 30.7 Å². The van der Waals surface area contributed by atoms with E-state index in [9.17, 15) is 13.2 Å². The zero-order valence-corrected chi connectivity index (χ0v) is 23.2. The number of benzene rings is 3. The van der Waals surface area contributed by atoms with Crippen LogP contribution in [0.15, 0.2) is 77.7 Å². The number of nitrogens with zero attached hydrogens (tertiary/aromatic N) is 2. The van der Waals surface area contributed by atoms with Crippen LogP contribution in [0.5, 0.6) is 0 Å². The monoisotopic (exact) mass is 558 g/mol. The number of hydrogen-bond acceptors (Lipinski definition) is 3. The third kappa shape index (κ3) is 7.14. The van der Waals surface area contributed by atoms with Gasteiger partial charge in [-0.05, 0) is 67.9 Å². The summed E-state index contributed by atoms with van der Waals surface area (Å²) in [7, 11) is -3.85. The van der Waals surface area contributed by atoms with Gasteiger partial charge in [-0.15, -0.1) is 0 Å². The molecule has 1 fully saturated rings. The molecule has 3 aromatic rings. The molecule has 4 rings (SSSR count). The topological polar surface area (TPSA) is 57.7 Å². The van der Waals surface area contributed by atoms with E-state index < -0.39 is 10.0 Å². The van der Waals surface area contributed by atoms with Crippen molar-refractivity contribution in [2.45, 2.75) is 56.6 Å². The van der Waals surface area contributed by atoms with Crippen molar-refractivity contribution in [3.63, 3.8) is 0 Å². The standard InChI is InChI=1S/C29H32Cl2N2O3S/c1-22-7-9-24(10-8-22)18-32(21-34)27-14-11-25(12-15-27)20-33(19-23-5-3-2-4-6-23)37(35,36)29-16-13-26(30)17-28(29)31/h2-10,13,16-17,21,25,27H,11-12,14-15,18-20H2,1H3. The average Bonchev–Trinajstić information content (AvgIpc) is 2.89. The van der Waals surface area contributed by atoms with Gasteiger partial charge < -0.3 is 4.90 Å². The molecule has 8 heteroatoms. The van der Waals surface area contributed by atoms with Crippen LogP contribution < -0.4 is 0 Å². The summed E-state index contributed by atoms with van der Waals surface area (Å²) in [6, 6.07) is 22.5. The number of amides is 1. The highest BCUT2D eigenvalue weighted by Gasteiger charge is 2.32. The average molecular weight is 560 g/mol. The van der Waals surface area contributed by atoms with Crippen molar-refractivity contribution in [3.8, 4) is 0 Å². The minimum Gasteiger partial charge on any atom is -0.338 e. The van der Waals surface area contributed by atoms with E-state index in [1.165, 1.54) is 22.0 Å². The maximum atomic E-state index is 13.7. The second-order valence-electron chi connectivity index (χ2n) is 9.80. The zero-order valence-electron chi connectivity index (χ0n) is 20.9. The molecule has 0 N–H and O–H groups in total. The van der Waals surface area contributed by atoms with E-state index >= 15 is 0 Å². The Bertz CT molecular complexity index is 1290. The molecule has 3 aromatic carbocycles. The first kappa shape index (κ1) is 27.6. The van der Waals surface area contributed by atoms with Crippen molar-refractivity contribution in [1.29, 1.82) is 0 Å². The summed E-state index contributed by atoms with van der Waals surface area (Å²) in [5.74, 6) is 0.189. The molecule has 1 aliphatic carbocycles. The van der Waals surface area contributed by atoms with Gasteiger partial charge in [-0.3, -0.25) is 4.79 Å². The highest BCUT2D eigenvalue weighted by Crippen LogP contribution is 2.33. The van der Waals surface area contributed by atoms with Crippen molar-refractivity contribution in [2.75, 3.05) is 6.54 Å². The van der Waals surface area contributed by atoms with Crippen LogP contribution in [0, 0.1) is 12.8 Å². The van der Waals surface area contributed by atoms with Crippen molar-refractivity contribution in [3.05, 3.63) is 99.5 Å². The third-order valence-corrected chi connectivity index (χ3v) is 9.61. The van der Waals surface area contributed by atoms with Crippen LogP contribution in [0.1, 0.15) is 42.4 Å². The van der Waals surface area contributed by atoms with Gasteiger partial charge in [-0.1, -0.05) is 83.4 Å². The number of carbonyl (C=O) groups is 1. The van der Waals surface area contributed by atoms with Gasteiger partial charge in [0.2, 0.25) is 16.4 Å². The number of sulfonamides is 1. The summed E-state index contributed by atoms with van der Waals surface area (Å²) < 4.78 is 29.0. The molecule has 0 bridgehead atoms. The minimum absolute atomic E-state index is 0.0633. The fourth-order valence-corrected chi connectivity index (χ4v) is 7.21. The number of aryl methyl sites for hydroxylation is 1. The molecular formula is C29H32Cl2N2O3S. The van der Waals surface area contributed by atoms with Gasteiger partial charge in [0.05, 0.1) is 5.02 Å². The van der Waals surface area contributed by atoms with Gasteiger partial charge >= 0.3 is 0 Å². The maximum absolute atomic E-state index is 13.7.